The van der Waals surface area contributed by atoms with Gasteiger partial charge in [-0.25, -0.2) is 0 Å². The number of hydrogen-bond donors (Lipinski definition) is 0. The molecule has 0 nitrogen and oxygen atoms in total. The maximum absolute atomic E-state index is 8.03. The molecule has 0 heteroatoms. The van der Waals surface area contributed by atoms with Gasteiger partial charge in [-0.15, -0.1) is 0 Å². The summed E-state index contributed by atoms with van der Waals surface area (Å²) in [7, 11) is 0. The van der Waals surface area contributed by atoms with Crippen molar-refractivity contribution in [3.63, 3.8) is 0 Å². The minimum Gasteiger partial charge on any atom is -0.0836 e. The van der Waals surface area contributed by atoms with Gasteiger partial charge in [-0.05, 0) is 23.9 Å². The molecular formula is C16H16. The average molecular weight is 209 g/mol. The van der Waals surface area contributed by atoms with Crippen molar-refractivity contribution in [3.8, 4) is 0 Å². The van der Waals surface area contributed by atoms with Gasteiger partial charge in [-0.2, -0.15) is 0 Å². The maximum atomic E-state index is 8.03. The summed E-state index contributed by atoms with van der Waals surface area (Å²) in [6.45, 7) is 0. The van der Waals surface area contributed by atoms with Gasteiger partial charge in [-0.3, -0.25) is 0 Å². The van der Waals surface area contributed by atoms with Crippen LogP contribution in [0.2, 0.25) is 0 Å². The van der Waals surface area contributed by atoms with Gasteiger partial charge in [0, 0.05) is 1.37 Å². The Hall–Kier alpha value is -1.82. The van der Waals surface area contributed by atoms with Crippen LogP contribution in [-0.2, 0) is 6.40 Å². The molecule has 2 aromatic rings. The Morgan fingerprint density at radius 1 is 0.875 bits per heavy atom. The molecule has 0 heterocycles. The number of benzene rings is 2. The fourth-order valence-corrected chi connectivity index (χ4v) is 1.56. The third kappa shape index (κ3) is 3.39. The van der Waals surface area contributed by atoms with E-state index in [0.717, 1.165) is 12.0 Å². The molecule has 0 bridgehead atoms. The molecule has 0 amide bonds. The molecule has 0 aliphatic heterocycles. The second-order valence-corrected chi connectivity index (χ2v) is 3.66. The molecule has 2 aromatic carbocycles. The molecular weight excluding hydrogens is 192 g/mol. The summed E-state index contributed by atoms with van der Waals surface area (Å²) < 4.78 is 8.03. The molecule has 0 radical (unpaired) electrons. The highest BCUT2D eigenvalue weighted by molar-refractivity contribution is 5.48. The lowest BCUT2D eigenvalue weighted by Gasteiger charge is -1.96. The van der Waals surface area contributed by atoms with Crippen molar-refractivity contribution in [1.82, 2.24) is 0 Å². The monoisotopic (exact) mass is 209 g/mol. The summed E-state index contributed by atoms with van der Waals surface area (Å²) in [4.78, 5) is 0. The Kier molecular flexibility index (Phi) is 3.48. The van der Waals surface area contributed by atoms with Crippen molar-refractivity contribution in [1.29, 1.82) is 0 Å². The number of hydrogen-bond acceptors (Lipinski definition) is 0. The molecule has 0 aromatic heterocycles. The lowest BCUT2D eigenvalue weighted by atomic mass is 10.1. The SMILES string of the molecule is [2H]C(C/C=C/c1ccccc1)c1ccccc1. The first-order valence-corrected chi connectivity index (χ1v) is 5.55. The first kappa shape index (κ1) is 9.41. The Balaban J connectivity index is 1.93. The predicted octanol–water partition coefficient (Wildman–Crippen LogP) is 4.33. The highest BCUT2D eigenvalue weighted by atomic mass is 13.9. The van der Waals surface area contributed by atoms with Crippen LogP contribution in [0.15, 0.2) is 66.7 Å². The van der Waals surface area contributed by atoms with Crippen LogP contribution in [0.3, 0.4) is 0 Å². The summed E-state index contributed by atoms with van der Waals surface area (Å²) in [5.74, 6) is 0. The second-order valence-electron chi connectivity index (χ2n) is 3.66. The van der Waals surface area contributed by atoms with Crippen LogP contribution in [0, 0.1) is 0 Å². The minimum absolute atomic E-state index is 0.170. The Morgan fingerprint density at radius 3 is 2.19 bits per heavy atom. The zero-order chi connectivity index (χ0) is 11.9. The molecule has 0 aliphatic carbocycles. The van der Waals surface area contributed by atoms with Gasteiger partial charge in [-0.1, -0.05) is 72.8 Å². The summed E-state index contributed by atoms with van der Waals surface area (Å²) >= 11 is 0. The van der Waals surface area contributed by atoms with Gasteiger partial charge < -0.3 is 0 Å². The summed E-state index contributed by atoms with van der Waals surface area (Å²) in [5.41, 5.74) is 2.26. The molecule has 0 N–H and O–H groups in total. The van der Waals surface area contributed by atoms with Gasteiger partial charge in [0.25, 0.3) is 0 Å². The molecule has 0 aliphatic rings. The lowest BCUT2D eigenvalue weighted by Crippen LogP contribution is -1.81. The number of rotatable bonds is 4. The van der Waals surface area contributed by atoms with Gasteiger partial charge in [0.2, 0.25) is 0 Å². The Labute approximate surface area is 98.7 Å². The fraction of sp³-hybridized carbons (Fsp3) is 0.125. The van der Waals surface area contributed by atoms with Crippen molar-refractivity contribution < 1.29 is 1.37 Å². The van der Waals surface area contributed by atoms with Gasteiger partial charge in [0.15, 0.2) is 0 Å². The molecule has 80 valence electrons. The van der Waals surface area contributed by atoms with E-state index in [9.17, 15) is 0 Å². The van der Waals surface area contributed by atoms with Crippen molar-refractivity contribution in [2.45, 2.75) is 12.8 Å². The van der Waals surface area contributed by atoms with Crippen LogP contribution in [0.5, 0.6) is 0 Å². The molecule has 0 fully saturated rings. The Morgan fingerprint density at radius 2 is 1.50 bits per heavy atom. The molecule has 0 saturated heterocycles. The van der Waals surface area contributed by atoms with E-state index in [1.165, 1.54) is 5.56 Å². The number of aryl methyl sites for hydroxylation is 1. The topological polar surface area (TPSA) is 0 Å². The van der Waals surface area contributed by atoms with Gasteiger partial charge >= 0.3 is 0 Å². The predicted molar refractivity (Wildman–Crippen MR) is 70.2 cm³/mol. The normalized spacial score (nSPS) is 13.6. The molecule has 1 unspecified atom stereocenters. The minimum atomic E-state index is -0.170. The van der Waals surface area contributed by atoms with Crippen molar-refractivity contribution >= 4 is 6.08 Å². The average Bonchev–Trinajstić information content (AvgIpc) is 2.41. The van der Waals surface area contributed by atoms with E-state index in [4.69, 9.17) is 1.37 Å². The molecule has 2 rings (SSSR count). The number of allylic oxidation sites excluding steroid dienone is 1. The Bertz CT molecular complexity index is 459. The second kappa shape index (κ2) is 5.92. The van der Waals surface area contributed by atoms with E-state index in [1.54, 1.807) is 0 Å². The fourth-order valence-electron chi connectivity index (χ4n) is 1.56. The third-order valence-electron chi connectivity index (χ3n) is 2.40. The van der Waals surface area contributed by atoms with E-state index in [2.05, 4.69) is 24.3 Å². The highest BCUT2D eigenvalue weighted by Gasteiger charge is 1.88. The van der Waals surface area contributed by atoms with Crippen LogP contribution >= 0.6 is 0 Å². The van der Waals surface area contributed by atoms with E-state index in [0.29, 0.717) is 0 Å². The standard InChI is InChI=1S/C16H16/c1-3-9-15(10-4-1)13-7-8-14-16-11-5-2-6-12-16/h1-7,9-13H,8,14H2/b13-7+/i14D. The van der Waals surface area contributed by atoms with E-state index < -0.39 is 0 Å². The van der Waals surface area contributed by atoms with Crippen LogP contribution in [0.1, 0.15) is 18.9 Å². The van der Waals surface area contributed by atoms with Crippen molar-refractivity contribution in [2.24, 2.45) is 0 Å². The highest BCUT2D eigenvalue weighted by Crippen LogP contribution is 2.05. The van der Waals surface area contributed by atoms with Crippen molar-refractivity contribution in [3.05, 3.63) is 77.9 Å². The van der Waals surface area contributed by atoms with Crippen molar-refractivity contribution in [2.75, 3.05) is 0 Å². The quantitative estimate of drug-likeness (QED) is 0.703. The zero-order valence-electron chi connectivity index (χ0n) is 10.2. The van der Waals surface area contributed by atoms with Crippen LogP contribution in [0.4, 0.5) is 0 Å². The first-order chi connectivity index (χ1) is 8.36. The van der Waals surface area contributed by atoms with Crippen LogP contribution < -0.4 is 0 Å². The summed E-state index contributed by atoms with van der Waals surface area (Å²) in [5, 5.41) is 0. The molecule has 0 spiro atoms. The summed E-state index contributed by atoms with van der Waals surface area (Å²) in [6.07, 6.45) is 4.72. The largest absolute Gasteiger partial charge is 0.0836 e. The third-order valence-corrected chi connectivity index (χ3v) is 2.40. The zero-order valence-corrected chi connectivity index (χ0v) is 9.21. The van der Waals surface area contributed by atoms with E-state index in [-0.39, 0.29) is 6.40 Å². The van der Waals surface area contributed by atoms with Gasteiger partial charge in [0.05, 0.1) is 0 Å². The van der Waals surface area contributed by atoms with E-state index in [1.807, 2.05) is 48.5 Å². The van der Waals surface area contributed by atoms with E-state index >= 15 is 0 Å². The molecule has 16 heavy (non-hydrogen) atoms. The van der Waals surface area contributed by atoms with Crippen LogP contribution in [-0.4, -0.2) is 0 Å². The summed E-state index contributed by atoms with van der Waals surface area (Å²) in [6, 6.07) is 20.2. The maximum Gasteiger partial charge on any atom is 0.0319 e. The lowest BCUT2D eigenvalue weighted by molar-refractivity contribution is 1.01. The molecule has 0 saturated carbocycles. The smallest absolute Gasteiger partial charge is 0.0319 e. The molecule has 1 atom stereocenters. The first-order valence-electron chi connectivity index (χ1n) is 6.13. The van der Waals surface area contributed by atoms with Crippen LogP contribution in [0.25, 0.3) is 6.08 Å². The van der Waals surface area contributed by atoms with Gasteiger partial charge in [0.1, 0.15) is 0 Å².